The molecule has 0 aliphatic carbocycles. The number of phenolic OH excluding ortho intramolecular Hbond substituents is 1. The summed E-state index contributed by atoms with van der Waals surface area (Å²) < 4.78 is 0. The van der Waals surface area contributed by atoms with Gasteiger partial charge >= 0.3 is 5.97 Å². The van der Waals surface area contributed by atoms with E-state index in [1.54, 1.807) is 6.08 Å². The molecule has 0 spiro atoms. The molecular formula is C21H17ClN2O4. The van der Waals surface area contributed by atoms with Crippen molar-refractivity contribution in [2.45, 2.75) is 0 Å². The minimum atomic E-state index is -0.967. The predicted molar refractivity (Wildman–Crippen MR) is 110 cm³/mol. The lowest BCUT2D eigenvalue weighted by Crippen LogP contribution is -2.10. The Labute approximate surface area is 166 Å². The predicted octanol–water partition coefficient (Wildman–Crippen LogP) is 4.08. The third-order valence-corrected chi connectivity index (χ3v) is 4.09. The van der Waals surface area contributed by atoms with Crippen molar-refractivity contribution in [1.82, 2.24) is 0 Å². The molecule has 28 heavy (non-hydrogen) atoms. The number of fused-ring (bicyclic) bond motifs is 1. The molecule has 1 amide bonds. The zero-order valence-corrected chi connectivity index (χ0v) is 15.4. The van der Waals surface area contributed by atoms with Crippen molar-refractivity contribution in [3.05, 3.63) is 82.4 Å². The van der Waals surface area contributed by atoms with Crippen molar-refractivity contribution in [2.75, 3.05) is 0 Å². The molecule has 5 N–H and O–H groups in total. The van der Waals surface area contributed by atoms with Gasteiger partial charge in [-0.3, -0.25) is 4.79 Å². The Morgan fingerprint density at radius 3 is 2.14 bits per heavy atom. The number of hydrogen-bond acceptors (Lipinski definition) is 4. The van der Waals surface area contributed by atoms with E-state index in [-0.39, 0.29) is 16.3 Å². The molecular weight excluding hydrogens is 380 g/mol. The van der Waals surface area contributed by atoms with Crippen LogP contribution in [0.1, 0.15) is 21.5 Å². The Balaban J connectivity index is 0.000000221. The number of nitrogens with two attached hydrogens (primary N) is 1. The average molecular weight is 397 g/mol. The van der Waals surface area contributed by atoms with E-state index >= 15 is 0 Å². The first-order chi connectivity index (χ1) is 13.3. The Morgan fingerprint density at radius 1 is 1.00 bits per heavy atom. The highest BCUT2D eigenvalue weighted by Gasteiger charge is 2.03. The van der Waals surface area contributed by atoms with Gasteiger partial charge in [0.1, 0.15) is 5.75 Å². The first-order valence-electron chi connectivity index (χ1n) is 8.05. The van der Waals surface area contributed by atoms with Gasteiger partial charge in [-0.1, -0.05) is 48.0 Å². The van der Waals surface area contributed by atoms with Crippen LogP contribution in [0.25, 0.3) is 16.8 Å². The van der Waals surface area contributed by atoms with E-state index < -0.39 is 11.9 Å². The second-order valence-electron chi connectivity index (χ2n) is 5.64. The van der Waals surface area contributed by atoms with Crippen molar-refractivity contribution in [3.63, 3.8) is 0 Å². The van der Waals surface area contributed by atoms with Gasteiger partial charge in [0.15, 0.2) is 0 Å². The molecule has 142 valence electrons. The number of nitrogens with one attached hydrogen (secondary N) is 1. The summed E-state index contributed by atoms with van der Waals surface area (Å²) in [6, 6.07) is 15.3. The van der Waals surface area contributed by atoms with Crippen molar-refractivity contribution in [3.8, 4) is 5.75 Å². The van der Waals surface area contributed by atoms with E-state index in [4.69, 9.17) is 33.0 Å². The molecule has 6 nitrogen and oxygen atoms in total. The topological polar surface area (TPSA) is 124 Å². The van der Waals surface area contributed by atoms with E-state index in [2.05, 4.69) is 0 Å². The number of benzene rings is 3. The standard InChI is InChI=1S/C14H11NO2.C7H6ClNO2/c15-9-11-6-5-10(7-8-14(16)17)12-3-1-2-4-13(11)12;8-5-3-4(7(9)11)1-2-6(5)10/h1-9,15H,(H,16,17);1-3,10H,(H2,9,11)/b8-7+,15-9?;. The SMILES string of the molecule is N=Cc1ccc(/C=C/C(=O)O)c2ccccc12.NC(=O)c1ccc(O)c(Cl)c1. The molecule has 0 saturated carbocycles. The van der Waals surface area contributed by atoms with Crippen molar-refractivity contribution in [2.24, 2.45) is 5.73 Å². The van der Waals surface area contributed by atoms with Crippen LogP contribution >= 0.6 is 11.6 Å². The molecule has 0 bridgehead atoms. The molecule has 3 aromatic rings. The second-order valence-corrected chi connectivity index (χ2v) is 6.04. The Kier molecular flexibility index (Phi) is 6.90. The molecule has 0 fully saturated rings. The number of primary amides is 1. The van der Waals surface area contributed by atoms with Crippen LogP contribution in [0, 0.1) is 5.41 Å². The molecule has 0 aromatic heterocycles. The van der Waals surface area contributed by atoms with Gasteiger partial charge in [-0.15, -0.1) is 0 Å². The monoisotopic (exact) mass is 396 g/mol. The summed E-state index contributed by atoms with van der Waals surface area (Å²) in [6.07, 6.45) is 3.98. The fraction of sp³-hybridized carbons (Fsp3) is 0. The van der Waals surface area contributed by atoms with Gasteiger partial charge in [0.2, 0.25) is 5.91 Å². The molecule has 0 aliphatic heterocycles. The highest BCUT2D eigenvalue weighted by molar-refractivity contribution is 6.32. The minimum Gasteiger partial charge on any atom is -0.506 e. The van der Waals surface area contributed by atoms with E-state index in [1.807, 2.05) is 36.4 Å². The third kappa shape index (κ3) is 5.18. The van der Waals surface area contributed by atoms with E-state index in [1.165, 1.54) is 24.4 Å². The Bertz CT molecular complexity index is 1080. The lowest BCUT2D eigenvalue weighted by molar-refractivity contribution is -0.131. The van der Waals surface area contributed by atoms with Crippen LogP contribution in [0.15, 0.2) is 60.7 Å². The maximum Gasteiger partial charge on any atom is 0.328 e. The van der Waals surface area contributed by atoms with Gasteiger partial charge in [-0.25, -0.2) is 4.79 Å². The van der Waals surface area contributed by atoms with Crippen LogP contribution in [0.4, 0.5) is 0 Å². The number of phenols is 1. The average Bonchev–Trinajstić information content (AvgIpc) is 2.68. The lowest BCUT2D eigenvalue weighted by Gasteiger charge is -2.05. The molecule has 0 radical (unpaired) electrons. The number of aliphatic carboxylic acids is 1. The lowest BCUT2D eigenvalue weighted by atomic mass is 10.00. The fourth-order valence-electron chi connectivity index (χ4n) is 2.44. The van der Waals surface area contributed by atoms with E-state index in [9.17, 15) is 9.59 Å². The molecule has 3 rings (SSSR count). The minimum absolute atomic E-state index is 0.0586. The number of rotatable bonds is 4. The highest BCUT2D eigenvalue weighted by atomic mass is 35.5. The number of aromatic hydroxyl groups is 1. The molecule has 7 heteroatoms. The summed E-state index contributed by atoms with van der Waals surface area (Å²) in [6.45, 7) is 0. The van der Waals surface area contributed by atoms with Crippen molar-refractivity contribution >= 4 is 46.5 Å². The third-order valence-electron chi connectivity index (χ3n) is 3.78. The molecule has 0 heterocycles. The summed E-state index contributed by atoms with van der Waals surface area (Å²) in [7, 11) is 0. The quantitative estimate of drug-likeness (QED) is 0.391. The number of carboxylic acids is 1. The van der Waals surface area contributed by atoms with Crippen LogP contribution in [-0.2, 0) is 4.79 Å². The number of carbonyl (C=O) groups is 2. The molecule has 3 aromatic carbocycles. The van der Waals surface area contributed by atoms with Gasteiger partial charge in [0.25, 0.3) is 0 Å². The normalized spacial score (nSPS) is 10.3. The van der Waals surface area contributed by atoms with Gasteiger partial charge in [-0.05, 0) is 46.2 Å². The summed E-state index contributed by atoms with van der Waals surface area (Å²) in [4.78, 5) is 21.1. The molecule has 0 saturated heterocycles. The zero-order chi connectivity index (χ0) is 20.7. The number of amides is 1. The van der Waals surface area contributed by atoms with Crippen LogP contribution in [-0.4, -0.2) is 28.3 Å². The van der Waals surface area contributed by atoms with Gasteiger partial charge in [0, 0.05) is 17.9 Å². The van der Waals surface area contributed by atoms with Gasteiger partial charge < -0.3 is 21.4 Å². The first-order valence-corrected chi connectivity index (χ1v) is 8.43. The van der Waals surface area contributed by atoms with Crippen LogP contribution < -0.4 is 5.73 Å². The maximum atomic E-state index is 10.5. The zero-order valence-electron chi connectivity index (χ0n) is 14.6. The number of carboxylic acid groups (broad SMARTS) is 1. The summed E-state index contributed by atoms with van der Waals surface area (Å²) in [5.41, 5.74) is 6.91. The smallest absolute Gasteiger partial charge is 0.328 e. The van der Waals surface area contributed by atoms with Gasteiger partial charge in [0.05, 0.1) is 5.02 Å². The Morgan fingerprint density at radius 2 is 1.61 bits per heavy atom. The maximum absolute atomic E-state index is 10.5. The summed E-state index contributed by atoms with van der Waals surface area (Å²) >= 11 is 5.50. The van der Waals surface area contributed by atoms with Crippen molar-refractivity contribution < 1.29 is 19.8 Å². The van der Waals surface area contributed by atoms with E-state index in [0.29, 0.717) is 0 Å². The van der Waals surface area contributed by atoms with Crippen LogP contribution in [0.2, 0.25) is 5.02 Å². The highest BCUT2D eigenvalue weighted by Crippen LogP contribution is 2.23. The molecule has 0 aliphatic rings. The van der Waals surface area contributed by atoms with Crippen LogP contribution in [0.5, 0.6) is 5.75 Å². The van der Waals surface area contributed by atoms with E-state index in [0.717, 1.165) is 28.0 Å². The first kappa shape index (κ1) is 20.7. The number of carbonyl (C=O) groups excluding carboxylic acids is 1. The van der Waals surface area contributed by atoms with Crippen LogP contribution in [0.3, 0.4) is 0 Å². The summed E-state index contributed by atoms with van der Waals surface area (Å²) in [5, 5.41) is 26.9. The largest absolute Gasteiger partial charge is 0.506 e. The summed E-state index contributed by atoms with van der Waals surface area (Å²) in [5.74, 6) is -1.59. The van der Waals surface area contributed by atoms with Gasteiger partial charge in [-0.2, -0.15) is 0 Å². The molecule has 0 atom stereocenters. The number of halogens is 1. The molecule has 0 unspecified atom stereocenters. The fourth-order valence-corrected chi connectivity index (χ4v) is 2.62. The second kappa shape index (κ2) is 9.34. The number of hydrogen-bond donors (Lipinski definition) is 4. The Hall–Kier alpha value is -3.64. The van der Waals surface area contributed by atoms with Crippen molar-refractivity contribution in [1.29, 1.82) is 5.41 Å².